The third kappa shape index (κ3) is 3.42. The number of ether oxygens (including phenoxy) is 1. The van der Waals surface area contributed by atoms with Gasteiger partial charge in [0.15, 0.2) is 0 Å². The van der Waals surface area contributed by atoms with Crippen molar-refractivity contribution >= 4 is 11.6 Å². The van der Waals surface area contributed by atoms with E-state index in [1.54, 1.807) is 18.2 Å². The second-order valence-electron chi connectivity index (χ2n) is 3.36. The molecule has 4 nitrogen and oxygen atoms in total. The number of rotatable bonds is 5. The van der Waals surface area contributed by atoms with E-state index in [2.05, 4.69) is 11.2 Å². The van der Waals surface area contributed by atoms with E-state index in [1.807, 2.05) is 6.92 Å². The highest BCUT2D eigenvalue weighted by molar-refractivity contribution is 6.01. The molecule has 0 saturated heterocycles. The van der Waals surface area contributed by atoms with Crippen molar-refractivity contribution in [3.05, 3.63) is 23.8 Å². The van der Waals surface area contributed by atoms with Crippen molar-refractivity contribution in [1.29, 1.82) is 0 Å². The molecule has 0 bridgehead atoms. The van der Waals surface area contributed by atoms with Gasteiger partial charge in [-0.25, -0.2) is 0 Å². The van der Waals surface area contributed by atoms with Gasteiger partial charge in [-0.15, -0.1) is 12.3 Å². The lowest BCUT2D eigenvalue weighted by Gasteiger charge is -2.12. The maximum atomic E-state index is 11.9. The van der Waals surface area contributed by atoms with E-state index in [9.17, 15) is 4.79 Å². The molecule has 3 N–H and O–H groups in total. The van der Waals surface area contributed by atoms with Crippen LogP contribution >= 0.6 is 0 Å². The number of amides is 1. The van der Waals surface area contributed by atoms with Crippen LogP contribution in [0.5, 0.6) is 5.75 Å². The van der Waals surface area contributed by atoms with Crippen molar-refractivity contribution in [3.8, 4) is 18.1 Å². The fraction of sp³-hybridized carbons (Fsp3) is 0.308. The summed E-state index contributed by atoms with van der Waals surface area (Å²) < 4.78 is 5.36. The minimum Gasteiger partial charge on any atom is -0.493 e. The molecule has 1 aromatic rings. The number of nitrogens with one attached hydrogen (secondary N) is 1. The van der Waals surface area contributed by atoms with E-state index >= 15 is 0 Å². The molecular formula is C13H16N2O2. The molecule has 0 aliphatic carbocycles. The van der Waals surface area contributed by atoms with Gasteiger partial charge in [0.1, 0.15) is 11.3 Å². The van der Waals surface area contributed by atoms with Crippen molar-refractivity contribution in [2.45, 2.75) is 13.3 Å². The minimum absolute atomic E-state index is 0.262. The summed E-state index contributed by atoms with van der Waals surface area (Å²) in [5.74, 6) is 2.68. The topological polar surface area (TPSA) is 64.4 Å². The van der Waals surface area contributed by atoms with Crippen molar-refractivity contribution in [1.82, 2.24) is 5.32 Å². The molecule has 17 heavy (non-hydrogen) atoms. The van der Waals surface area contributed by atoms with Gasteiger partial charge in [-0.3, -0.25) is 4.79 Å². The Balaban J connectivity index is 2.87. The Hall–Kier alpha value is -2.15. The molecule has 1 aromatic carbocycles. The lowest BCUT2D eigenvalue weighted by Crippen LogP contribution is -2.25. The number of nitrogens with two attached hydrogens (primary N) is 1. The van der Waals surface area contributed by atoms with E-state index in [0.717, 1.165) is 0 Å². The van der Waals surface area contributed by atoms with Gasteiger partial charge in [0, 0.05) is 18.7 Å². The van der Waals surface area contributed by atoms with Gasteiger partial charge in [0.05, 0.1) is 6.61 Å². The van der Waals surface area contributed by atoms with Gasteiger partial charge in [0.25, 0.3) is 5.91 Å². The molecule has 0 aliphatic rings. The molecule has 90 valence electrons. The van der Waals surface area contributed by atoms with Crippen LogP contribution < -0.4 is 15.8 Å². The van der Waals surface area contributed by atoms with Crippen LogP contribution in [0, 0.1) is 12.3 Å². The summed E-state index contributed by atoms with van der Waals surface area (Å²) in [6, 6.07) is 5.13. The zero-order valence-corrected chi connectivity index (χ0v) is 9.82. The van der Waals surface area contributed by atoms with Crippen LogP contribution in [0.1, 0.15) is 23.7 Å². The quantitative estimate of drug-likeness (QED) is 0.458. The average molecular weight is 232 g/mol. The van der Waals surface area contributed by atoms with Crippen LogP contribution in [0.15, 0.2) is 18.2 Å². The SMILES string of the molecule is C#CCCNC(=O)c1c(N)cccc1OCC. The molecule has 0 radical (unpaired) electrons. The average Bonchev–Trinajstić information content (AvgIpc) is 2.30. The van der Waals surface area contributed by atoms with E-state index in [1.165, 1.54) is 0 Å². The number of hydrogen-bond acceptors (Lipinski definition) is 3. The molecule has 1 rings (SSSR count). The number of anilines is 1. The van der Waals surface area contributed by atoms with Crippen LogP contribution in [-0.4, -0.2) is 19.1 Å². The summed E-state index contributed by atoms with van der Waals surface area (Å²) in [5.41, 5.74) is 6.54. The fourth-order valence-corrected chi connectivity index (χ4v) is 1.40. The smallest absolute Gasteiger partial charge is 0.257 e. The Morgan fingerprint density at radius 1 is 1.59 bits per heavy atom. The van der Waals surface area contributed by atoms with Gasteiger partial charge in [-0.2, -0.15) is 0 Å². The van der Waals surface area contributed by atoms with E-state index in [4.69, 9.17) is 16.9 Å². The largest absolute Gasteiger partial charge is 0.493 e. The third-order valence-electron chi connectivity index (χ3n) is 2.14. The van der Waals surface area contributed by atoms with Gasteiger partial charge in [0.2, 0.25) is 0 Å². The van der Waals surface area contributed by atoms with Gasteiger partial charge in [-0.1, -0.05) is 6.07 Å². The summed E-state index contributed by atoms with van der Waals surface area (Å²) in [4.78, 5) is 11.9. The molecule has 0 fully saturated rings. The molecule has 0 unspecified atom stereocenters. The molecule has 0 atom stereocenters. The number of terminal acetylenes is 1. The molecule has 0 saturated carbocycles. The van der Waals surface area contributed by atoms with Crippen LogP contribution in [0.3, 0.4) is 0 Å². The maximum Gasteiger partial charge on any atom is 0.257 e. The Morgan fingerprint density at radius 2 is 2.35 bits per heavy atom. The van der Waals surface area contributed by atoms with Crippen LogP contribution in [-0.2, 0) is 0 Å². The predicted octanol–water partition coefficient (Wildman–Crippen LogP) is 1.42. The normalized spacial score (nSPS) is 9.41. The first-order valence-electron chi connectivity index (χ1n) is 5.43. The van der Waals surface area contributed by atoms with Crippen molar-refractivity contribution in [2.24, 2.45) is 0 Å². The lowest BCUT2D eigenvalue weighted by molar-refractivity contribution is 0.0952. The molecular weight excluding hydrogens is 216 g/mol. The second-order valence-corrected chi connectivity index (χ2v) is 3.36. The number of hydrogen-bond donors (Lipinski definition) is 2. The molecule has 0 aromatic heterocycles. The molecule has 0 heterocycles. The molecule has 4 heteroatoms. The van der Waals surface area contributed by atoms with Crippen molar-refractivity contribution in [2.75, 3.05) is 18.9 Å². The van der Waals surface area contributed by atoms with Gasteiger partial charge >= 0.3 is 0 Å². The Labute approximate surface area is 101 Å². The Morgan fingerprint density at radius 3 is 3.00 bits per heavy atom. The maximum absolute atomic E-state index is 11.9. The number of benzene rings is 1. The third-order valence-corrected chi connectivity index (χ3v) is 2.14. The lowest BCUT2D eigenvalue weighted by atomic mass is 10.1. The Bertz CT molecular complexity index is 436. The standard InChI is InChI=1S/C13H16N2O2/c1-3-5-9-15-13(16)12-10(14)7-6-8-11(12)17-4-2/h1,6-8H,4-5,9,14H2,2H3,(H,15,16). The summed E-state index contributed by atoms with van der Waals surface area (Å²) in [7, 11) is 0. The van der Waals surface area contributed by atoms with Crippen LogP contribution in [0.4, 0.5) is 5.69 Å². The fourth-order valence-electron chi connectivity index (χ4n) is 1.40. The van der Waals surface area contributed by atoms with E-state index < -0.39 is 0 Å². The minimum atomic E-state index is -0.262. The highest BCUT2D eigenvalue weighted by Crippen LogP contribution is 2.24. The number of nitrogen functional groups attached to an aromatic ring is 1. The number of carbonyl (C=O) groups excluding carboxylic acids is 1. The zero-order valence-electron chi connectivity index (χ0n) is 9.82. The highest BCUT2D eigenvalue weighted by Gasteiger charge is 2.15. The second kappa shape index (κ2) is 6.44. The number of carbonyl (C=O) groups is 1. The summed E-state index contributed by atoms with van der Waals surface area (Å²) in [6.45, 7) is 2.76. The first kappa shape index (κ1) is 12.9. The zero-order chi connectivity index (χ0) is 12.7. The first-order chi connectivity index (χ1) is 8.20. The summed E-state index contributed by atoms with van der Waals surface area (Å²) >= 11 is 0. The predicted molar refractivity (Wildman–Crippen MR) is 67.8 cm³/mol. The van der Waals surface area contributed by atoms with E-state index in [-0.39, 0.29) is 5.91 Å². The van der Waals surface area contributed by atoms with Crippen molar-refractivity contribution < 1.29 is 9.53 Å². The molecule has 1 amide bonds. The molecule has 0 aliphatic heterocycles. The monoisotopic (exact) mass is 232 g/mol. The van der Waals surface area contributed by atoms with Crippen molar-refractivity contribution in [3.63, 3.8) is 0 Å². The van der Waals surface area contributed by atoms with Crippen LogP contribution in [0.2, 0.25) is 0 Å². The first-order valence-corrected chi connectivity index (χ1v) is 5.43. The Kier molecular flexibility index (Phi) is 4.89. The summed E-state index contributed by atoms with van der Waals surface area (Å²) in [6.07, 6.45) is 5.60. The van der Waals surface area contributed by atoms with Gasteiger partial charge < -0.3 is 15.8 Å². The van der Waals surface area contributed by atoms with E-state index in [0.29, 0.717) is 36.6 Å². The van der Waals surface area contributed by atoms with Crippen LogP contribution in [0.25, 0.3) is 0 Å². The van der Waals surface area contributed by atoms with Gasteiger partial charge in [-0.05, 0) is 19.1 Å². The molecule has 0 spiro atoms. The highest BCUT2D eigenvalue weighted by atomic mass is 16.5. The summed E-state index contributed by atoms with van der Waals surface area (Å²) in [5, 5.41) is 2.70.